The molecule has 61 heavy (non-hydrogen) atoms. The van der Waals surface area contributed by atoms with Gasteiger partial charge >= 0.3 is 0 Å². The summed E-state index contributed by atoms with van der Waals surface area (Å²) in [5.41, 5.74) is 7.96. The second-order valence-corrected chi connectivity index (χ2v) is 20.0. The van der Waals surface area contributed by atoms with E-state index >= 15 is 4.57 Å². The van der Waals surface area contributed by atoms with Crippen LogP contribution in [0, 0.1) is 0 Å². The molecule has 0 fully saturated rings. The molecule has 2 aliphatic heterocycles. The van der Waals surface area contributed by atoms with Crippen molar-refractivity contribution in [3.8, 4) is 17.2 Å². The zero-order chi connectivity index (χ0) is 40.0. The molecule has 2 unspecified atom stereocenters. The van der Waals surface area contributed by atoms with Crippen molar-refractivity contribution >= 4 is 98.3 Å². The largest absolute Gasteiger partial charge is 0.457 e. The van der Waals surface area contributed by atoms with Gasteiger partial charge in [0.2, 0.25) is 0 Å². The van der Waals surface area contributed by atoms with Gasteiger partial charge in [-0.2, -0.15) is 0 Å². The number of hydrogen-bond donors (Lipinski definition) is 0. The minimum absolute atomic E-state index is 0.722. The Morgan fingerprint density at radius 1 is 0.475 bits per heavy atom. The van der Waals surface area contributed by atoms with Crippen LogP contribution in [0.5, 0.6) is 11.5 Å². The van der Waals surface area contributed by atoms with E-state index < -0.39 is 12.6 Å². The first-order chi connectivity index (χ1) is 30.1. The Hall–Kier alpha value is -7.17. The van der Waals surface area contributed by atoms with Crippen molar-refractivity contribution < 1.29 is 13.7 Å². The molecule has 0 N–H and O–H groups in total. The molecule has 4 nitrogen and oxygen atoms in total. The van der Waals surface area contributed by atoms with Gasteiger partial charge in [0.1, 0.15) is 22.7 Å². The van der Waals surface area contributed by atoms with E-state index in [1.54, 1.807) is 0 Å². The summed E-state index contributed by atoms with van der Waals surface area (Å²) in [6.45, 7) is 0. The minimum Gasteiger partial charge on any atom is -0.457 e. The van der Waals surface area contributed by atoms with E-state index in [9.17, 15) is 0 Å². The number of benzene rings is 9. The van der Waals surface area contributed by atoms with Crippen LogP contribution in [0.1, 0.15) is 22.3 Å². The predicted molar refractivity (Wildman–Crippen MR) is 252 cm³/mol. The third kappa shape index (κ3) is 4.22. The van der Waals surface area contributed by atoms with Crippen molar-refractivity contribution in [1.82, 2.24) is 4.57 Å². The van der Waals surface area contributed by atoms with E-state index in [4.69, 9.17) is 9.15 Å². The van der Waals surface area contributed by atoms with Gasteiger partial charge in [0.25, 0.3) is 0 Å². The Morgan fingerprint density at radius 3 is 2.10 bits per heavy atom. The highest BCUT2D eigenvalue weighted by Crippen LogP contribution is 2.62. The molecule has 6 heteroatoms. The average Bonchev–Trinajstić information content (AvgIpc) is 3.99. The predicted octanol–water partition coefficient (Wildman–Crippen LogP) is 13.5. The van der Waals surface area contributed by atoms with Crippen LogP contribution < -0.4 is 20.7 Å². The van der Waals surface area contributed by atoms with Crippen molar-refractivity contribution in [2.75, 3.05) is 0 Å². The molecule has 0 amide bonds. The fourth-order valence-corrected chi connectivity index (χ4v) is 15.1. The summed E-state index contributed by atoms with van der Waals surface area (Å²) in [5, 5.41) is 9.37. The normalized spacial score (nSPS) is 17.8. The van der Waals surface area contributed by atoms with E-state index in [1.807, 2.05) is 65.9 Å². The topological polar surface area (TPSA) is 44.4 Å². The lowest BCUT2D eigenvalue weighted by Gasteiger charge is -2.47. The quantitative estimate of drug-likeness (QED) is 0.163. The molecule has 0 aliphatic carbocycles. The van der Waals surface area contributed by atoms with Gasteiger partial charge in [0, 0.05) is 80.5 Å². The van der Waals surface area contributed by atoms with Crippen molar-refractivity contribution in [3.05, 3.63) is 216 Å². The van der Waals surface area contributed by atoms with Crippen molar-refractivity contribution in [3.63, 3.8) is 0 Å². The molecule has 5 heterocycles. The lowest BCUT2D eigenvalue weighted by molar-refractivity contribution is 0.435. The number of thiophene rings is 1. The summed E-state index contributed by atoms with van der Waals surface area (Å²) < 4.78 is 35.2. The number of furan rings is 1. The monoisotopic (exact) mass is 817 g/mol. The van der Waals surface area contributed by atoms with Crippen LogP contribution >= 0.6 is 18.5 Å². The molecule has 0 saturated heterocycles. The molecule has 14 rings (SSSR count). The maximum atomic E-state index is 16.5. The van der Waals surface area contributed by atoms with Crippen LogP contribution in [-0.4, -0.2) is 4.57 Å². The molecule has 2 atom stereocenters. The summed E-state index contributed by atoms with van der Waals surface area (Å²) in [4.78, 5) is 0. The maximum Gasteiger partial charge on any atom is 0.171 e. The minimum atomic E-state index is -3.46. The van der Waals surface area contributed by atoms with E-state index in [1.165, 1.54) is 36.5 Å². The number of aromatic nitrogens is 1. The number of fused-ring (bicyclic) bond motifs is 18. The molecular formula is C55H32NO3PS. The summed E-state index contributed by atoms with van der Waals surface area (Å²) in [6.07, 6.45) is 0. The fraction of sp³-hybridized carbons (Fsp3) is 0.0182. The van der Waals surface area contributed by atoms with Crippen LogP contribution in [0.3, 0.4) is 0 Å². The fourth-order valence-electron chi connectivity index (χ4n) is 10.9. The highest BCUT2D eigenvalue weighted by atomic mass is 32.1. The lowest BCUT2D eigenvalue weighted by Crippen LogP contribution is -2.48. The number of para-hydroxylation sites is 3. The van der Waals surface area contributed by atoms with Crippen molar-refractivity contribution in [2.45, 2.75) is 5.41 Å². The van der Waals surface area contributed by atoms with Gasteiger partial charge in [-0.15, -0.1) is 11.3 Å². The Labute approximate surface area is 353 Å². The molecule has 0 saturated carbocycles. The van der Waals surface area contributed by atoms with Gasteiger partial charge in [-0.3, -0.25) is 0 Å². The molecule has 0 radical (unpaired) electrons. The zero-order valence-corrected chi connectivity index (χ0v) is 34.2. The Bertz CT molecular complexity index is 3910. The van der Waals surface area contributed by atoms with Gasteiger partial charge in [0.05, 0.1) is 16.4 Å². The molecule has 1 spiro atoms. The number of ether oxygens (including phenoxy) is 1. The van der Waals surface area contributed by atoms with Crippen molar-refractivity contribution in [2.24, 2.45) is 0 Å². The van der Waals surface area contributed by atoms with E-state index in [0.29, 0.717) is 0 Å². The number of hydrogen-bond acceptors (Lipinski definition) is 4. The second-order valence-electron chi connectivity index (χ2n) is 16.2. The average molecular weight is 818 g/mol. The summed E-state index contributed by atoms with van der Waals surface area (Å²) >= 11 is 1.84. The Morgan fingerprint density at radius 2 is 1.20 bits per heavy atom. The molecule has 2 aliphatic rings. The van der Waals surface area contributed by atoms with Gasteiger partial charge < -0.3 is 18.3 Å². The number of rotatable bonds is 2. The highest BCUT2D eigenvalue weighted by molar-refractivity contribution is 7.85. The third-order valence-corrected chi connectivity index (χ3v) is 17.6. The molecule has 0 bridgehead atoms. The van der Waals surface area contributed by atoms with Crippen molar-refractivity contribution in [1.29, 1.82) is 0 Å². The summed E-state index contributed by atoms with van der Waals surface area (Å²) in [7, 11) is -3.46. The second kappa shape index (κ2) is 12.0. The lowest BCUT2D eigenvalue weighted by atomic mass is 9.63. The van der Waals surface area contributed by atoms with Crippen LogP contribution in [0.25, 0.3) is 69.6 Å². The molecule has 9 aromatic carbocycles. The van der Waals surface area contributed by atoms with Crippen LogP contribution in [0.2, 0.25) is 0 Å². The third-order valence-electron chi connectivity index (χ3n) is 13.3. The van der Waals surface area contributed by atoms with Gasteiger partial charge in [-0.05, 0) is 59.7 Å². The maximum absolute atomic E-state index is 16.5. The highest BCUT2D eigenvalue weighted by Gasteiger charge is 2.55. The van der Waals surface area contributed by atoms with E-state index in [0.717, 1.165) is 82.8 Å². The number of nitrogens with zero attached hydrogens (tertiary/aromatic N) is 1. The molecule has 286 valence electrons. The van der Waals surface area contributed by atoms with Gasteiger partial charge in [0.15, 0.2) is 7.14 Å². The van der Waals surface area contributed by atoms with Crippen LogP contribution in [0.4, 0.5) is 0 Å². The van der Waals surface area contributed by atoms with Gasteiger partial charge in [-0.25, -0.2) is 0 Å². The van der Waals surface area contributed by atoms with E-state index in [-0.39, 0.29) is 0 Å². The summed E-state index contributed by atoms with van der Waals surface area (Å²) in [6, 6.07) is 68.1. The first kappa shape index (κ1) is 33.6. The van der Waals surface area contributed by atoms with Crippen LogP contribution in [0.15, 0.2) is 199 Å². The summed E-state index contributed by atoms with van der Waals surface area (Å²) in [5.74, 6) is 1.54. The SMILES string of the molecule is O=P1(c2ccccc2)c2ccccc2C2(c3ccccc3Oc3cc(-n4c5ccccc5c5ccc6sc7ccccc7c6c54)ccc32)c2cc3c(cc21)oc1ccccc13. The van der Waals surface area contributed by atoms with Crippen LogP contribution in [-0.2, 0) is 9.98 Å². The van der Waals surface area contributed by atoms with E-state index in [2.05, 4.69) is 144 Å². The van der Waals surface area contributed by atoms with Gasteiger partial charge in [-0.1, -0.05) is 140 Å². The standard InChI is InChI=1S/C55H32NO3PS/c57-60(34-14-2-1-3-15-34)49-24-12-8-20-42(49)55(43-31-39-36-17-5-10-22-45(36)58-47(39)32-50(43)60)40-19-7-11-23-46(40)59-48-30-33(26-28-41(48)55)56-44-21-9-4-16-35(44)37-27-29-52-53(54(37)56)38-18-6-13-25-51(38)61-52/h1-32H. The first-order valence-electron chi connectivity index (χ1n) is 20.6. The molecule has 12 aromatic rings. The smallest absolute Gasteiger partial charge is 0.171 e. The first-order valence-corrected chi connectivity index (χ1v) is 23.1. The molecular weight excluding hydrogens is 786 g/mol. The Kier molecular flexibility index (Phi) is 6.61. The molecule has 3 aromatic heterocycles. The zero-order valence-electron chi connectivity index (χ0n) is 32.5. The Balaban J connectivity index is 1.13.